The van der Waals surface area contributed by atoms with Gasteiger partial charge in [0, 0.05) is 0 Å². The first-order chi connectivity index (χ1) is 5.65. The fourth-order valence-corrected chi connectivity index (χ4v) is 1.33. The van der Waals surface area contributed by atoms with Crippen LogP contribution in [-0.2, 0) is 0 Å². The van der Waals surface area contributed by atoms with E-state index in [1.165, 1.54) is 0 Å². The number of nitro groups is 1. The highest BCUT2D eigenvalue weighted by Crippen LogP contribution is 2.33. The molecule has 0 aliphatic heterocycles. The van der Waals surface area contributed by atoms with Crippen LogP contribution in [0.5, 0.6) is 5.19 Å². The summed E-state index contributed by atoms with van der Waals surface area (Å²) in [6.45, 7) is 2.19. The number of nitrogens with zero attached hydrogens (tertiary/aromatic N) is 2. The topological polar surface area (TPSA) is 91.3 Å². The van der Waals surface area contributed by atoms with E-state index >= 15 is 0 Å². The van der Waals surface area contributed by atoms with Crippen LogP contribution in [0.4, 0.5) is 10.8 Å². The van der Waals surface area contributed by atoms with Crippen LogP contribution < -0.4 is 10.5 Å². The summed E-state index contributed by atoms with van der Waals surface area (Å²) in [6, 6.07) is 0. The molecule has 1 aromatic heterocycles. The molecule has 0 atom stereocenters. The molecule has 0 amide bonds. The molecule has 0 saturated carbocycles. The number of rotatable bonds is 3. The molecule has 1 rings (SSSR count). The Morgan fingerprint density at radius 1 is 1.83 bits per heavy atom. The van der Waals surface area contributed by atoms with Gasteiger partial charge in [-0.3, -0.25) is 10.1 Å². The van der Waals surface area contributed by atoms with Crippen molar-refractivity contribution in [3.63, 3.8) is 0 Å². The van der Waals surface area contributed by atoms with Gasteiger partial charge in [-0.25, -0.2) is 0 Å². The number of hydrogen-bond acceptors (Lipinski definition) is 6. The molecular formula is C5H7N3O3S. The summed E-state index contributed by atoms with van der Waals surface area (Å²) in [5.41, 5.74) is 5.25. The van der Waals surface area contributed by atoms with E-state index in [0.717, 1.165) is 11.3 Å². The first-order valence-corrected chi connectivity index (χ1v) is 4.00. The zero-order valence-corrected chi connectivity index (χ0v) is 7.13. The van der Waals surface area contributed by atoms with Gasteiger partial charge in [0.15, 0.2) is 0 Å². The van der Waals surface area contributed by atoms with Gasteiger partial charge in [0.25, 0.3) is 5.19 Å². The molecule has 0 aromatic carbocycles. The van der Waals surface area contributed by atoms with Crippen molar-refractivity contribution in [2.75, 3.05) is 12.3 Å². The minimum Gasteiger partial charge on any atom is -0.470 e. The maximum atomic E-state index is 10.3. The van der Waals surface area contributed by atoms with E-state index in [2.05, 4.69) is 4.98 Å². The highest BCUT2D eigenvalue weighted by molar-refractivity contribution is 7.17. The van der Waals surface area contributed by atoms with Crippen molar-refractivity contribution in [3.05, 3.63) is 10.1 Å². The molecule has 12 heavy (non-hydrogen) atoms. The summed E-state index contributed by atoms with van der Waals surface area (Å²) in [6.07, 6.45) is 0. The van der Waals surface area contributed by atoms with Crippen LogP contribution in [0.25, 0.3) is 0 Å². The minimum atomic E-state index is -0.574. The lowest BCUT2D eigenvalue weighted by molar-refractivity contribution is -0.379. The molecule has 0 saturated heterocycles. The van der Waals surface area contributed by atoms with Gasteiger partial charge in [0.2, 0.25) is 5.82 Å². The van der Waals surface area contributed by atoms with Gasteiger partial charge < -0.3 is 10.5 Å². The van der Waals surface area contributed by atoms with Gasteiger partial charge in [-0.2, -0.15) is 4.98 Å². The number of aromatic nitrogens is 1. The van der Waals surface area contributed by atoms with Crippen molar-refractivity contribution in [1.29, 1.82) is 0 Å². The van der Waals surface area contributed by atoms with Crippen molar-refractivity contribution in [3.8, 4) is 5.19 Å². The molecule has 0 bridgehead atoms. The smallest absolute Gasteiger partial charge is 0.370 e. The van der Waals surface area contributed by atoms with E-state index in [0.29, 0.717) is 6.61 Å². The molecule has 1 heterocycles. The van der Waals surface area contributed by atoms with Gasteiger partial charge in [-0.15, -0.1) is 0 Å². The molecule has 6 nitrogen and oxygen atoms in total. The molecule has 0 aliphatic carbocycles. The van der Waals surface area contributed by atoms with Gasteiger partial charge >= 0.3 is 5.00 Å². The number of anilines is 1. The second kappa shape index (κ2) is 3.35. The lowest BCUT2D eigenvalue weighted by Crippen LogP contribution is -1.92. The van der Waals surface area contributed by atoms with E-state index < -0.39 is 4.92 Å². The first-order valence-electron chi connectivity index (χ1n) is 3.18. The predicted molar refractivity (Wildman–Crippen MR) is 44.3 cm³/mol. The number of ether oxygens (including phenoxy) is 1. The van der Waals surface area contributed by atoms with Crippen molar-refractivity contribution in [2.45, 2.75) is 6.92 Å². The molecular weight excluding hydrogens is 182 g/mol. The molecule has 1 aromatic rings. The van der Waals surface area contributed by atoms with Crippen molar-refractivity contribution in [2.24, 2.45) is 0 Å². The Labute approximate surface area is 72.1 Å². The van der Waals surface area contributed by atoms with Crippen LogP contribution in [0.1, 0.15) is 6.92 Å². The van der Waals surface area contributed by atoms with Gasteiger partial charge in [0.1, 0.15) is 0 Å². The maximum absolute atomic E-state index is 10.3. The van der Waals surface area contributed by atoms with Crippen LogP contribution in [0.2, 0.25) is 0 Å². The van der Waals surface area contributed by atoms with Crippen LogP contribution in [0, 0.1) is 10.1 Å². The lowest BCUT2D eigenvalue weighted by Gasteiger charge is -1.91. The van der Waals surface area contributed by atoms with Gasteiger partial charge in [-0.05, 0) is 18.3 Å². The van der Waals surface area contributed by atoms with Crippen LogP contribution in [0.15, 0.2) is 0 Å². The summed E-state index contributed by atoms with van der Waals surface area (Å²) >= 11 is 0.835. The van der Waals surface area contributed by atoms with Crippen LogP contribution in [0.3, 0.4) is 0 Å². The van der Waals surface area contributed by atoms with Crippen molar-refractivity contribution < 1.29 is 9.66 Å². The summed E-state index contributed by atoms with van der Waals surface area (Å²) in [5.74, 6) is -0.0894. The third-order valence-electron chi connectivity index (χ3n) is 1.05. The Balaban J connectivity index is 2.92. The molecule has 0 radical (unpaired) electrons. The number of nitrogen functional groups attached to an aromatic ring is 1. The van der Waals surface area contributed by atoms with Crippen molar-refractivity contribution in [1.82, 2.24) is 4.98 Å². The quantitative estimate of drug-likeness (QED) is 0.566. The zero-order chi connectivity index (χ0) is 9.14. The average molecular weight is 189 g/mol. The average Bonchev–Trinajstić information content (AvgIpc) is 2.32. The highest BCUT2D eigenvalue weighted by atomic mass is 32.1. The Bertz CT molecular complexity index is 298. The molecule has 2 N–H and O–H groups in total. The molecule has 0 spiro atoms. The second-order valence-electron chi connectivity index (χ2n) is 1.86. The number of nitrogens with two attached hydrogens (primary N) is 1. The normalized spacial score (nSPS) is 9.75. The van der Waals surface area contributed by atoms with E-state index in [4.69, 9.17) is 10.5 Å². The lowest BCUT2D eigenvalue weighted by atomic mass is 10.7. The van der Waals surface area contributed by atoms with Crippen molar-refractivity contribution >= 4 is 22.2 Å². The maximum Gasteiger partial charge on any atom is 0.370 e. The predicted octanol–water partition coefficient (Wildman–Crippen LogP) is 1.03. The Kier molecular flexibility index (Phi) is 2.44. The Hall–Kier alpha value is -1.37. The summed E-state index contributed by atoms with van der Waals surface area (Å²) in [7, 11) is 0. The number of hydrogen-bond donors (Lipinski definition) is 1. The summed E-state index contributed by atoms with van der Waals surface area (Å²) in [4.78, 5) is 13.4. The highest BCUT2D eigenvalue weighted by Gasteiger charge is 2.18. The SMILES string of the molecule is CCOc1nc(N)c([N+](=O)[O-])s1. The first kappa shape index (κ1) is 8.72. The van der Waals surface area contributed by atoms with Gasteiger partial charge in [0.05, 0.1) is 11.5 Å². The number of thiazole rings is 1. The molecule has 0 aliphatic rings. The molecule has 0 fully saturated rings. The third-order valence-corrected chi connectivity index (χ3v) is 1.98. The van der Waals surface area contributed by atoms with E-state index in [-0.39, 0.29) is 16.0 Å². The zero-order valence-electron chi connectivity index (χ0n) is 6.31. The fraction of sp³-hybridized carbons (Fsp3) is 0.400. The third kappa shape index (κ3) is 1.62. The molecule has 66 valence electrons. The Morgan fingerprint density at radius 2 is 2.50 bits per heavy atom. The van der Waals surface area contributed by atoms with E-state index in [1.54, 1.807) is 6.92 Å². The van der Waals surface area contributed by atoms with Crippen LogP contribution >= 0.6 is 11.3 Å². The van der Waals surface area contributed by atoms with E-state index in [1.807, 2.05) is 0 Å². The summed E-state index contributed by atoms with van der Waals surface area (Å²) < 4.78 is 4.94. The van der Waals surface area contributed by atoms with Gasteiger partial charge in [-0.1, -0.05) is 0 Å². The standard InChI is InChI=1S/C5H7N3O3S/c1-2-11-5-7-3(6)4(12-5)8(9)10/h2,6H2,1H3. The van der Waals surface area contributed by atoms with E-state index in [9.17, 15) is 10.1 Å². The van der Waals surface area contributed by atoms with Crippen LogP contribution in [-0.4, -0.2) is 16.5 Å². The monoisotopic (exact) mass is 189 g/mol. The second-order valence-corrected chi connectivity index (χ2v) is 2.80. The fourth-order valence-electron chi connectivity index (χ4n) is 0.620. The largest absolute Gasteiger partial charge is 0.470 e. The molecule has 7 heteroatoms. The molecule has 0 unspecified atom stereocenters. The minimum absolute atomic E-state index is 0.0894. The summed E-state index contributed by atoms with van der Waals surface area (Å²) in [5, 5.41) is 10.3. The Morgan fingerprint density at radius 3 is 2.92 bits per heavy atom.